The second kappa shape index (κ2) is 6.29. The van der Waals surface area contributed by atoms with Crippen molar-refractivity contribution in [2.75, 3.05) is 19.5 Å². The van der Waals surface area contributed by atoms with Gasteiger partial charge in [0.2, 0.25) is 0 Å². The van der Waals surface area contributed by atoms with Crippen LogP contribution in [0.15, 0.2) is 36.7 Å². The zero-order valence-corrected chi connectivity index (χ0v) is 11.6. The number of benzene rings is 1. The van der Waals surface area contributed by atoms with Gasteiger partial charge in [0, 0.05) is 18.9 Å². The van der Waals surface area contributed by atoms with Crippen LogP contribution in [0.1, 0.15) is 5.56 Å². The second-order valence-electron chi connectivity index (χ2n) is 3.87. The standard InChI is InChI=1S/C14H15ClN2O2/c1-18-12-6-5-10(13(15)14(12)19-2)8-17-11-4-3-7-16-9-11/h3-7,9,17H,8H2,1-2H3. The van der Waals surface area contributed by atoms with E-state index >= 15 is 0 Å². The van der Waals surface area contributed by atoms with Crippen molar-refractivity contribution in [1.82, 2.24) is 4.98 Å². The van der Waals surface area contributed by atoms with Crippen LogP contribution in [-0.4, -0.2) is 19.2 Å². The van der Waals surface area contributed by atoms with E-state index in [2.05, 4.69) is 10.3 Å². The third kappa shape index (κ3) is 3.09. The highest BCUT2D eigenvalue weighted by Gasteiger charge is 2.12. The van der Waals surface area contributed by atoms with Gasteiger partial charge >= 0.3 is 0 Å². The molecule has 0 saturated heterocycles. The molecule has 0 spiro atoms. The molecule has 0 bridgehead atoms. The Morgan fingerprint density at radius 1 is 1.21 bits per heavy atom. The lowest BCUT2D eigenvalue weighted by atomic mass is 10.2. The molecule has 2 rings (SSSR count). The Hall–Kier alpha value is -1.94. The number of ether oxygens (including phenoxy) is 2. The SMILES string of the molecule is COc1ccc(CNc2cccnc2)c(Cl)c1OC. The van der Waals surface area contributed by atoms with E-state index in [4.69, 9.17) is 21.1 Å². The molecular formula is C14H15ClN2O2. The summed E-state index contributed by atoms with van der Waals surface area (Å²) >= 11 is 6.30. The van der Waals surface area contributed by atoms with E-state index in [-0.39, 0.29) is 0 Å². The first-order chi connectivity index (χ1) is 9.26. The molecule has 1 heterocycles. The minimum atomic E-state index is 0.551. The van der Waals surface area contributed by atoms with E-state index < -0.39 is 0 Å². The number of aromatic nitrogens is 1. The van der Waals surface area contributed by atoms with Crippen molar-refractivity contribution in [1.29, 1.82) is 0 Å². The van der Waals surface area contributed by atoms with E-state index in [1.165, 1.54) is 0 Å². The first-order valence-electron chi connectivity index (χ1n) is 5.79. The van der Waals surface area contributed by atoms with Gasteiger partial charge in [0.1, 0.15) is 0 Å². The fourth-order valence-corrected chi connectivity index (χ4v) is 2.03. The van der Waals surface area contributed by atoms with Crippen molar-refractivity contribution in [2.24, 2.45) is 0 Å². The minimum Gasteiger partial charge on any atom is -0.493 e. The topological polar surface area (TPSA) is 43.4 Å². The van der Waals surface area contributed by atoms with Gasteiger partial charge in [-0.15, -0.1) is 0 Å². The number of rotatable bonds is 5. The average Bonchev–Trinajstić information content (AvgIpc) is 2.46. The van der Waals surface area contributed by atoms with E-state index in [0.717, 1.165) is 11.3 Å². The molecule has 0 amide bonds. The molecule has 1 N–H and O–H groups in total. The zero-order valence-electron chi connectivity index (χ0n) is 10.8. The fourth-order valence-electron chi connectivity index (χ4n) is 1.73. The summed E-state index contributed by atoms with van der Waals surface area (Å²) in [4.78, 5) is 4.04. The summed E-state index contributed by atoms with van der Waals surface area (Å²) in [5.41, 5.74) is 1.87. The molecule has 1 aromatic heterocycles. The van der Waals surface area contributed by atoms with Gasteiger partial charge in [0.25, 0.3) is 0 Å². The number of nitrogens with zero attached hydrogens (tertiary/aromatic N) is 1. The summed E-state index contributed by atoms with van der Waals surface area (Å²) in [5.74, 6) is 1.17. The third-order valence-electron chi connectivity index (χ3n) is 2.71. The molecule has 0 atom stereocenters. The van der Waals surface area contributed by atoms with Crippen molar-refractivity contribution < 1.29 is 9.47 Å². The smallest absolute Gasteiger partial charge is 0.179 e. The summed E-state index contributed by atoms with van der Waals surface area (Å²) < 4.78 is 10.5. The van der Waals surface area contributed by atoms with Crippen molar-refractivity contribution in [2.45, 2.75) is 6.54 Å². The highest BCUT2D eigenvalue weighted by molar-refractivity contribution is 6.33. The van der Waals surface area contributed by atoms with Crippen LogP contribution in [0.2, 0.25) is 5.02 Å². The molecule has 0 fully saturated rings. The maximum atomic E-state index is 6.30. The van der Waals surface area contributed by atoms with Crippen molar-refractivity contribution in [3.8, 4) is 11.5 Å². The quantitative estimate of drug-likeness (QED) is 0.911. The van der Waals surface area contributed by atoms with E-state index in [1.807, 2.05) is 24.3 Å². The predicted octanol–water partition coefficient (Wildman–Crippen LogP) is 3.36. The summed E-state index contributed by atoms with van der Waals surface area (Å²) in [6, 6.07) is 7.57. The third-order valence-corrected chi connectivity index (χ3v) is 3.12. The number of hydrogen-bond donors (Lipinski definition) is 1. The van der Waals surface area contributed by atoms with E-state index in [9.17, 15) is 0 Å². The van der Waals surface area contributed by atoms with Gasteiger partial charge in [0.05, 0.1) is 24.9 Å². The Balaban J connectivity index is 2.17. The molecule has 5 heteroatoms. The van der Waals surface area contributed by atoms with Crippen LogP contribution in [0.5, 0.6) is 11.5 Å². The van der Waals surface area contributed by atoms with Crippen LogP contribution in [0.3, 0.4) is 0 Å². The Labute approximate surface area is 117 Å². The summed E-state index contributed by atoms with van der Waals surface area (Å²) in [6.45, 7) is 0.588. The highest BCUT2D eigenvalue weighted by Crippen LogP contribution is 2.37. The number of hydrogen-bond acceptors (Lipinski definition) is 4. The van der Waals surface area contributed by atoms with Crippen molar-refractivity contribution >= 4 is 17.3 Å². The molecular weight excluding hydrogens is 264 g/mol. The van der Waals surface area contributed by atoms with E-state index in [0.29, 0.717) is 23.1 Å². The molecule has 2 aromatic rings. The number of nitrogens with one attached hydrogen (secondary N) is 1. The van der Waals surface area contributed by atoms with Gasteiger partial charge in [-0.05, 0) is 23.8 Å². The Morgan fingerprint density at radius 3 is 2.68 bits per heavy atom. The maximum absolute atomic E-state index is 6.30. The van der Waals surface area contributed by atoms with Crippen LogP contribution >= 0.6 is 11.6 Å². The highest BCUT2D eigenvalue weighted by atomic mass is 35.5. The van der Waals surface area contributed by atoms with Gasteiger partial charge in [-0.25, -0.2) is 0 Å². The summed E-state index contributed by atoms with van der Waals surface area (Å²) in [7, 11) is 3.16. The van der Waals surface area contributed by atoms with Gasteiger partial charge in [0.15, 0.2) is 11.5 Å². The first-order valence-corrected chi connectivity index (χ1v) is 6.17. The number of methoxy groups -OCH3 is 2. The molecule has 19 heavy (non-hydrogen) atoms. The van der Waals surface area contributed by atoms with Crippen LogP contribution < -0.4 is 14.8 Å². The average molecular weight is 279 g/mol. The van der Waals surface area contributed by atoms with Crippen molar-refractivity contribution in [3.05, 3.63) is 47.2 Å². The lowest BCUT2D eigenvalue weighted by Gasteiger charge is -2.13. The lowest BCUT2D eigenvalue weighted by molar-refractivity contribution is 0.355. The monoisotopic (exact) mass is 278 g/mol. The summed E-state index contributed by atoms with van der Waals surface area (Å²) in [6.07, 6.45) is 3.49. The first kappa shape index (κ1) is 13.5. The Bertz CT molecular complexity index is 547. The fraction of sp³-hybridized carbons (Fsp3) is 0.214. The molecule has 0 aliphatic rings. The van der Waals surface area contributed by atoms with Crippen LogP contribution in [0, 0.1) is 0 Å². The zero-order chi connectivity index (χ0) is 13.7. The van der Waals surface area contributed by atoms with Gasteiger partial charge in [-0.2, -0.15) is 0 Å². The van der Waals surface area contributed by atoms with E-state index in [1.54, 1.807) is 26.6 Å². The van der Waals surface area contributed by atoms with Crippen LogP contribution in [-0.2, 0) is 6.54 Å². The molecule has 0 unspecified atom stereocenters. The minimum absolute atomic E-state index is 0.551. The van der Waals surface area contributed by atoms with Gasteiger partial charge < -0.3 is 14.8 Å². The normalized spacial score (nSPS) is 10.1. The molecule has 4 nitrogen and oxygen atoms in total. The predicted molar refractivity (Wildman–Crippen MR) is 76.1 cm³/mol. The van der Waals surface area contributed by atoms with Crippen LogP contribution in [0.4, 0.5) is 5.69 Å². The van der Waals surface area contributed by atoms with Crippen molar-refractivity contribution in [3.63, 3.8) is 0 Å². The van der Waals surface area contributed by atoms with Gasteiger partial charge in [-0.3, -0.25) is 4.98 Å². The molecule has 0 saturated carbocycles. The maximum Gasteiger partial charge on any atom is 0.179 e. The number of pyridine rings is 1. The summed E-state index contributed by atoms with van der Waals surface area (Å²) in [5, 5.41) is 3.80. The molecule has 100 valence electrons. The molecule has 0 aliphatic heterocycles. The van der Waals surface area contributed by atoms with Crippen LogP contribution in [0.25, 0.3) is 0 Å². The number of anilines is 1. The molecule has 0 aliphatic carbocycles. The second-order valence-corrected chi connectivity index (χ2v) is 4.25. The Morgan fingerprint density at radius 2 is 2.05 bits per heavy atom. The Kier molecular flexibility index (Phi) is 4.47. The largest absolute Gasteiger partial charge is 0.493 e. The van der Waals surface area contributed by atoms with Gasteiger partial charge in [-0.1, -0.05) is 17.7 Å². The molecule has 1 aromatic carbocycles. The number of halogens is 1. The lowest BCUT2D eigenvalue weighted by Crippen LogP contribution is -2.02. The molecule has 0 radical (unpaired) electrons.